The molecule has 0 saturated heterocycles. The molecular formula is C11H13BrClNO4S. The van der Waals surface area contributed by atoms with Crippen LogP contribution in [0, 0.1) is 0 Å². The molecule has 8 heteroatoms. The summed E-state index contributed by atoms with van der Waals surface area (Å²) in [6.45, 7) is 1.32. The summed E-state index contributed by atoms with van der Waals surface area (Å²) in [5.74, 6) is -1.49. The van der Waals surface area contributed by atoms with E-state index in [4.69, 9.17) is 16.7 Å². The molecule has 0 amide bonds. The molecule has 1 unspecified atom stereocenters. The van der Waals surface area contributed by atoms with Crippen molar-refractivity contribution in [2.24, 2.45) is 0 Å². The standard InChI is InChI=1S/C11H13BrClNO4S/c1-7(11(15)16)14(2)19(17,18)6-8-3-4-9(13)5-10(8)12/h3-5,7H,6H2,1-2H3,(H,15,16). The van der Waals surface area contributed by atoms with Crippen LogP contribution in [0.25, 0.3) is 0 Å². The van der Waals surface area contributed by atoms with Crippen molar-refractivity contribution in [3.8, 4) is 0 Å². The van der Waals surface area contributed by atoms with Crippen molar-refractivity contribution in [2.45, 2.75) is 18.7 Å². The van der Waals surface area contributed by atoms with E-state index in [1.165, 1.54) is 14.0 Å². The lowest BCUT2D eigenvalue weighted by Gasteiger charge is -2.21. The van der Waals surface area contributed by atoms with E-state index < -0.39 is 22.0 Å². The van der Waals surface area contributed by atoms with Gasteiger partial charge in [0, 0.05) is 16.5 Å². The number of rotatable bonds is 5. The molecule has 0 spiro atoms. The van der Waals surface area contributed by atoms with Crippen molar-refractivity contribution < 1.29 is 18.3 Å². The smallest absolute Gasteiger partial charge is 0.321 e. The lowest BCUT2D eigenvalue weighted by atomic mass is 10.2. The van der Waals surface area contributed by atoms with Crippen LogP contribution in [-0.4, -0.2) is 36.9 Å². The van der Waals surface area contributed by atoms with E-state index in [0.29, 0.717) is 15.1 Å². The lowest BCUT2D eigenvalue weighted by Crippen LogP contribution is -2.40. The molecule has 5 nitrogen and oxygen atoms in total. The number of benzene rings is 1. The molecule has 0 aromatic heterocycles. The fraction of sp³-hybridized carbons (Fsp3) is 0.364. The van der Waals surface area contributed by atoms with Gasteiger partial charge in [0.2, 0.25) is 10.0 Å². The van der Waals surface area contributed by atoms with Crippen LogP contribution < -0.4 is 0 Å². The second-order valence-electron chi connectivity index (χ2n) is 4.02. The third-order valence-corrected chi connectivity index (χ3v) is 5.54. The Morgan fingerprint density at radius 1 is 1.53 bits per heavy atom. The maximum Gasteiger partial charge on any atom is 0.321 e. The van der Waals surface area contributed by atoms with Gasteiger partial charge < -0.3 is 5.11 Å². The predicted molar refractivity (Wildman–Crippen MR) is 76.6 cm³/mol. The summed E-state index contributed by atoms with van der Waals surface area (Å²) in [6, 6.07) is 3.64. The van der Waals surface area contributed by atoms with E-state index in [1.807, 2.05) is 0 Å². The number of likely N-dealkylation sites (N-methyl/N-ethyl adjacent to an activating group) is 1. The monoisotopic (exact) mass is 369 g/mol. The molecule has 0 fully saturated rings. The Morgan fingerprint density at radius 2 is 2.11 bits per heavy atom. The first-order valence-electron chi connectivity index (χ1n) is 5.27. The first kappa shape index (κ1) is 16.4. The average molecular weight is 371 g/mol. The molecule has 1 aromatic rings. The Morgan fingerprint density at radius 3 is 2.58 bits per heavy atom. The number of nitrogens with zero attached hydrogens (tertiary/aromatic N) is 1. The largest absolute Gasteiger partial charge is 0.480 e. The zero-order chi connectivity index (χ0) is 14.8. The molecule has 19 heavy (non-hydrogen) atoms. The molecule has 1 rings (SSSR count). The molecule has 1 aromatic carbocycles. The van der Waals surface area contributed by atoms with E-state index in [-0.39, 0.29) is 5.75 Å². The van der Waals surface area contributed by atoms with Crippen LogP contribution in [0.4, 0.5) is 0 Å². The fourth-order valence-corrected chi connectivity index (χ4v) is 3.76. The van der Waals surface area contributed by atoms with Gasteiger partial charge in [0.05, 0.1) is 5.75 Å². The molecule has 1 N–H and O–H groups in total. The number of carbonyl (C=O) groups is 1. The molecule has 0 saturated carbocycles. The van der Waals surface area contributed by atoms with Crippen LogP contribution in [0.3, 0.4) is 0 Å². The van der Waals surface area contributed by atoms with Crippen molar-refractivity contribution >= 4 is 43.5 Å². The number of sulfonamides is 1. The molecule has 1 atom stereocenters. The highest BCUT2D eigenvalue weighted by molar-refractivity contribution is 9.10. The van der Waals surface area contributed by atoms with Crippen molar-refractivity contribution in [3.05, 3.63) is 33.3 Å². The Bertz CT molecular complexity index is 590. The lowest BCUT2D eigenvalue weighted by molar-refractivity contribution is -0.140. The number of halogens is 2. The second-order valence-corrected chi connectivity index (χ2v) is 7.34. The molecule has 0 aliphatic rings. The van der Waals surface area contributed by atoms with E-state index in [0.717, 1.165) is 4.31 Å². The third-order valence-electron chi connectivity index (χ3n) is 2.69. The molecule has 106 valence electrons. The quantitative estimate of drug-likeness (QED) is 0.863. The summed E-state index contributed by atoms with van der Waals surface area (Å²) in [5.41, 5.74) is 0.522. The van der Waals surface area contributed by atoms with Crippen molar-refractivity contribution in [2.75, 3.05) is 7.05 Å². The predicted octanol–water partition coefficient (Wildman–Crippen LogP) is 2.34. The van der Waals surface area contributed by atoms with Crippen molar-refractivity contribution in [1.82, 2.24) is 4.31 Å². The van der Waals surface area contributed by atoms with Gasteiger partial charge in [0.15, 0.2) is 0 Å². The maximum absolute atomic E-state index is 12.1. The fourth-order valence-electron chi connectivity index (χ4n) is 1.33. The van der Waals surface area contributed by atoms with E-state index >= 15 is 0 Å². The summed E-state index contributed by atoms with van der Waals surface area (Å²) in [5, 5.41) is 9.33. The van der Waals surface area contributed by atoms with Gasteiger partial charge in [-0.05, 0) is 24.6 Å². The minimum Gasteiger partial charge on any atom is -0.480 e. The Labute approximate surface area is 125 Å². The third kappa shape index (κ3) is 4.17. The molecule has 0 bridgehead atoms. The van der Waals surface area contributed by atoms with E-state index in [9.17, 15) is 13.2 Å². The first-order chi connectivity index (χ1) is 8.65. The number of carboxylic acids is 1. The van der Waals surface area contributed by atoms with Gasteiger partial charge >= 0.3 is 5.97 Å². The number of hydrogen-bond acceptors (Lipinski definition) is 3. The minimum absolute atomic E-state index is 0.293. The number of aliphatic carboxylic acids is 1. The maximum atomic E-state index is 12.1. The van der Waals surface area contributed by atoms with Crippen molar-refractivity contribution in [1.29, 1.82) is 0 Å². The van der Waals surface area contributed by atoms with Crippen LogP contribution in [0.15, 0.2) is 22.7 Å². The average Bonchev–Trinajstić information content (AvgIpc) is 2.30. The van der Waals surface area contributed by atoms with E-state index in [1.54, 1.807) is 18.2 Å². The molecule has 0 aliphatic carbocycles. The summed E-state index contributed by atoms with van der Waals surface area (Å²) >= 11 is 9.01. The Balaban J connectivity index is 3.00. The van der Waals surface area contributed by atoms with Crippen LogP contribution in [0.1, 0.15) is 12.5 Å². The van der Waals surface area contributed by atoms with Gasteiger partial charge in [-0.1, -0.05) is 33.6 Å². The highest BCUT2D eigenvalue weighted by atomic mass is 79.9. The summed E-state index contributed by atoms with van der Waals surface area (Å²) in [7, 11) is -2.47. The second kappa shape index (κ2) is 6.21. The first-order valence-corrected chi connectivity index (χ1v) is 8.05. The van der Waals surface area contributed by atoms with Crippen LogP contribution in [-0.2, 0) is 20.6 Å². The highest BCUT2D eigenvalue weighted by Gasteiger charge is 2.28. The van der Waals surface area contributed by atoms with Gasteiger partial charge in [-0.3, -0.25) is 4.79 Å². The Hall–Kier alpha value is -0.630. The van der Waals surface area contributed by atoms with Crippen LogP contribution in [0.5, 0.6) is 0 Å². The summed E-state index contributed by atoms with van der Waals surface area (Å²) in [4.78, 5) is 10.8. The van der Waals surface area contributed by atoms with Crippen molar-refractivity contribution in [3.63, 3.8) is 0 Å². The van der Waals surface area contributed by atoms with Gasteiger partial charge in [0.1, 0.15) is 6.04 Å². The summed E-state index contributed by atoms with van der Waals surface area (Å²) in [6.07, 6.45) is 0. The van der Waals surface area contributed by atoms with E-state index in [2.05, 4.69) is 15.9 Å². The Kier molecular flexibility index (Phi) is 5.37. The molecular weight excluding hydrogens is 358 g/mol. The van der Waals surface area contributed by atoms with Gasteiger partial charge in [0.25, 0.3) is 0 Å². The summed E-state index contributed by atoms with van der Waals surface area (Å²) < 4.78 is 25.6. The normalized spacial score (nSPS) is 13.5. The molecule has 0 heterocycles. The van der Waals surface area contributed by atoms with Crippen LogP contribution >= 0.6 is 27.5 Å². The topological polar surface area (TPSA) is 74.7 Å². The zero-order valence-electron chi connectivity index (χ0n) is 10.3. The van der Waals surface area contributed by atoms with Gasteiger partial charge in [-0.15, -0.1) is 0 Å². The number of carboxylic acid groups (broad SMARTS) is 1. The van der Waals surface area contributed by atoms with Gasteiger partial charge in [-0.25, -0.2) is 8.42 Å². The highest BCUT2D eigenvalue weighted by Crippen LogP contribution is 2.24. The zero-order valence-corrected chi connectivity index (χ0v) is 13.5. The number of hydrogen-bond donors (Lipinski definition) is 1. The molecule has 0 radical (unpaired) electrons. The SMILES string of the molecule is CC(C(=O)O)N(C)S(=O)(=O)Cc1ccc(Cl)cc1Br. The van der Waals surface area contributed by atoms with Crippen LogP contribution in [0.2, 0.25) is 5.02 Å². The minimum atomic E-state index is -3.71. The molecule has 0 aliphatic heterocycles. The van der Waals surface area contributed by atoms with Gasteiger partial charge in [-0.2, -0.15) is 4.31 Å².